The summed E-state index contributed by atoms with van der Waals surface area (Å²) in [6, 6.07) is -1.86. The Morgan fingerprint density at radius 1 is 0.541 bits per heavy atom. The van der Waals surface area contributed by atoms with Gasteiger partial charge in [-0.25, -0.2) is 0 Å². The fraction of sp³-hybridized carbons (Fsp3) is 0.900. The molecule has 0 heterocycles. The zero-order valence-corrected chi connectivity index (χ0v) is 23.3. The SMILES string of the molecule is CC(C)N(B(/C(I)=C\C(F)(F)C(F)(F)C(F)(F)C(F)(F)C(F)(F)C(F)(F)F)N(C(C)C)C(C)C)C(C)C. The van der Waals surface area contributed by atoms with Crippen LogP contribution >= 0.6 is 22.6 Å². The van der Waals surface area contributed by atoms with Gasteiger partial charge in [-0.05, 0) is 33.7 Å². The van der Waals surface area contributed by atoms with Gasteiger partial charge in [0.2, 0.25) is 0 Å². The third kappa shape index (κ3) is 6.65. The zero-order valence-electron chi connectivity index (χ0n) is 21.2. The van der Waals surface area contributed by atoms with E-state index in [9.17, 15) is 57.1 Å². The Morgan fingerprint density at radius 3 is 1.05 bits per heavy atom. The lowest BCUT2D eigenvalue weighted by molar-refractivity contribution is -0.436. The molecule has 0 radical (unpaired) electrons. The van der Waals surface area contributed by atoms with Crippen molar-refractivity contribution >= 4 is 29.6 Å². The normalized spacial score (nSPS) is 15.8. The molecule has 0 saturated carbocycles. The number of nitrogens with zero attached hydrogens (tertiary/aromatic N) is 2. The van der Waals surface area contributed by atoms with Crippen LogP contribution in [-0.4, -0.2) is 76.6 Å². The summed E-state index contributed by atoms with van der Waals surface area (Å²) < 4.78 is 175. The van der Waals surface area contributed by atoms with E-state index in [1.807, 2.05) is 0 Å². The maximum atomic E-state index is 14.6. The minimum absolute atomic E-state index is 0.464. The Bertz CT molecular complexity index is 760. The Morgan fingerprint density at radius 2 is 0.811 bits per heavy atom. The highest BCUT2D eigenvalue weighted by atomic mass is 127. The molecular weight excluding hydrogens is 653 g/mol. The topological polar surface area (TPSA) is 6.48 Å². The third-order valence-corrected chi connectivity index (χ3v) is 6.34. The fourth-order valence-corrected chi connectivity index (χ4v) is 4.92. The molecule has 17 heteroatoms. The molecule has 0 N–H and O–H groups in total. The monoisotopic (exact) mass is 682 g/mol. The molecule has 220 valence electrons. The lowest BCUT2D eigenvalue weighted by Gasteiger charge is -2.45. The van der Waals surface area contributed by atoms with Gasteiger partial charge in [-0.15, -0.1) is 0 Å². The fourth-order valence-electron chi connectivity index (χ4n) is 3.88. The number of rotatable bonds is 12. The molecule has 37 heavy (non-hydrogen) atoms. The minimum Gasteiger partial charge on any atom is -0.319 e. The predicted molar refractivity (Wildman–Crippen MR) is 123 cm³/mol. The molecule has 0 amide bonds. The zero-order chi connectivity index (χ0) is 30.3. The highest BCUT2D eigenvalue weighted by Crippen LogP contribution is 2.60. The van der Waals surface area contributed by atoms with Crippen LogP contribution in [0.15, 0.2) is 9.56 Å². The Kier molecular flexibility index (Phi) is 11.4. The van der Waals surface area contributed by atoms with Gasteiger partial charge >= 0.3 is 42.8 Å². The van der Waals surface area contributed by atoms with Crippen LogP contribution in [0.5, 0.6) is 0 Å². The number of alkyl halides is 13. The van der Waals surface area contributed by atoms with Gasteiger partial charge in [-0.3, -0.25) is 0 Å². The van der Waals surface area contributed by atoms with Gasteiger partial charge in [0, 0.05) is 0 Å². The van der Waals surface area contributed by atoms with Gasteiger partial charge in [0.25, 0.3) is 0 Å². The molecular formula is C20H29BF13IN2. The van der Waals surface area contributed by atoms with Gasteiger partial charge in [0.15, 0.2) is 0 Å². The standard InChI is InChI=1S/C20H29BF13IN2/c1-10(2)36(11(3)4)21(37(12(5)6)13(7)8)14(35)9-15(22,23)16(24,25)17(26,27)18(28,29)19(30,31)20(32,33)34/h9-13H,1-8H3/b14-9+. The summed E-state index contributed by atoms with van der Waals surface area (Å²) in [5.74, 6) is -37.1. The van der Waals surface area contributed by atoms with Crippen molar-refractivity contribution < 1.29 is 57.1 Å². The molecule has 0 spiro atoms. The van der Waals surface area contributed by atoms with Crippen molar-refractivity contribution in [2.75, 3.05) is 0 Å². The van der Waals surface area contributed by atoms with E-state index in [1.54, 1.807) is 55.4 Å². The van der Waals surface area contributed by atoms with E-state index < -0.39 is 76.5 Å². The second kappa shape index (κ2) is 11.6. The van der Waals surface area contributed by atoms with Gasteiger partial charge in [0.1, 0.15) is 0 Å². The van der Waals surface area contributed by atoms with Crippen molar-refractivity contribution in [1.29, 1.82) is 0 Å². The summed E-state index contributed by atoms with van der Waals surface area (Å²) in [6.45, 7) is 11.5. The van der Waals surface area contributed by atoms with Crippen LogP contribution in [0.2, 0.25) is 0 Å². The summed E-state index contributed by atoms with van der Waals surface area (Å²) in [5, 5.41) is 0. The quantitative estimate of drug-likeness (QED) is 0.116. The molecule has 0 rings (SSSR count). The Labute approximate surface area is 221 Å². The summed E-state index contributed by atoms with van der Waals surface area (Å²) in [4.78, 5) is 3.05. The summed E-state index contributed by atoms with van der Waals surface area (Å²) in [5.41, 5.74) is 0. The molecule has 0 unspecified atom stereocenters. The molecule has 0 atom stereocenters. The lowest BCUT2D eigenvalue weighted by Crippen LogP contribution is -2.70. The average Bonchev–Trinajstić information content (AvgIpc) is 2.64. The van der Waals surface area contributed by atoms with E-state index in [0.717, 1.165) is 22.6 Å². The summed E-state index contributed by atoms with van der Waals surface area (Å²) in [6.07, 6.45) is -8.23. The number of hydrogen-bond acceptors (Lipinski definition) is 2. The highest BCUT2D eigenvalue weighted by molar-refractivity contribution is 14.1. The van der Waals surface area contributed by atoms with Crippen molar-refractivity contribution in [2.45, 2.75) is 115 Å². The van der Waals surface area contributed by atoms with E-state index >= 15 is 0 Å². The largest absolute Gasteiger partial charge is 0.460 e. The second-order valence-electron chi connectivity index (χ2n) is 9.59. The molecule has 0 aliphatic carbocycles. The van der Waals surface area contributed by atoms with E-state index in [4.69, 9.17) is 0 Å². The van der Waals surface area contributed by atoms with Crippen LogP contribution in [0.1, 0.15) is 55.4 Å². The summed E-state index contributed by atoms with van der Waals surface area (Å²) >= 11 is 1.11. The van der Waals surface area contributed by atoms with Crippen LogP contribution in [0, 0.1) is 0 Å². The third-order valence-electron chi connectivity index (χ3n) is 5.47. The molecule has 0 aromatic carbocycles. The van der Waals surface area contributed by atoms with Gasteiger partial charge in [-0.2, -0.15) is 57.1 Å². The van der Waals surface area contributed by atoms with Gasteiger partial charge < -0.3 is 9.62 Å². The number of halogens is 14. The molecule has 0 aromatic heterocycles. The van der Waals surface area contributed by atoms with Crippen molar-refractivity contribution in [2.24, 2.45) is 0 Å². The second-order valence-corrected chi connectivity index (χ2v) is 10.8. The molecule has 0 fully saturated rings. The molecule has 0 saturated heterocycles. The first-order chi connectivity index (χ1) is 16.0. The predicted octanol–water partition coefficient (Wildman–Crippen LogP) is 8.31. The van der Waals surface area contributed by atoms with Gasteiger partial charge in [-0.1, -0.05) is 78.0 Å². The first-order valence-electron chi connectivity index (χ1n) is 10.9. The summed E-state index contributed by atoms with van der Waals surface area (Å²) in [7, 11) is 0. The molecule has 0 aliphatic rings. The van der Waals surface area contributed by atoms with Crippen LogP contribution in [0.25, 0.3) is 0 Å². The first kappa shape index (κ1) is 36.5. The van der Waals surface area contributed by atoms with E-state index in [0.29, 0.717) is 0 Å². The number of allylic oxidation sites excluding steroid dienone is 1. The highest BCUT2D eigenvalue weighted by Gasteiger charge is 2.90. The van der Waals surface area contributed by atoms with Crippen LogP contribution in [-0.2, 0) is 0 Å². The first-order valence-corrected chi connectivity index (χ1v) is 12.0. The maximum absolute atomic E-state index is 14.6. The number of hydrogen-bond donors (Lipinski definition) is 0. The van der Waals surface area contributed by atoms with Crippen LogP contribution < -0.4 is 0 Å². The smallest absolute Gasteiger partial charge is 0.319 e. The van der Waals surface area contributed by atoms with Crippen molar-refractivity contribution in [3.05, 3.63) is 9.56 Å². The molecule has 2 nitrogen and oxygen atoms in total. The maximum Gasteiger partial charge on any atom is 0.460 e. The molecule has 0 aliphatic heterocycles. The molecule has 0 aromatic rings. The molecule has 0 bridgehead atoms. The van der Waals surface area contributed by atoms with Crippen LogP contribution in [0.3, 0.4) is 0 Å². The van der Waals surface area contributed by atoms with E-state index in [2.05, 4.69) is 0 Å². The van der Waals surface area contributed by atoms with Crippen molar-refractivity contribution in [3.63, 3.8) is 0 Å². The van der Waals surface area contributed by atoms with Crippen molar-refractivity contribution in [1.82, 2.24) is 9.62 Å². The minimum atomic E-state index is -7.92. The Balaban J connectivity index is 7.09. The van der Waals surface area contributed by atoms with Crippen LogP contribution in [0.4, 0.5) is 57.1 Å². The van der Waals surface area contributed by atoms with Gasteiger partial charge in [0.05, 0.1) is 0 Å². The average molecular weight is 682 g/mol. The lowest BCUT2D eigenvalue weighted by atomic mass is 9.66. The van der Waals surface area contributed by atoms with E-state index in [-0.39, 0.29) is 0 Å². The van der Waals surface area contributed by atoms with E-state index in [1.165, 1.54) is 9.62 Å². The Hall–Kier alpha value is -0.455. The van der Waals surface area contributed by atoms with Crippen molar-refractivity contribution in [3.8, 4) is 0 Å².